The van der Waals surface area contributed by atoms with Crippen LogP contribution >= 0.6 is 0 Å². The Morgan fingerprint density at radius 3 is 1.60 bits per heavy atom. The fraction of sp³-hybridized carbons (Fsp3) is 0.941. The number of carbonyl (C=O) groups is 1. The lowest BCUT2D eigenvalue weighted by molar-refractivity contribution is -0.128. The summed E-state index contributed by atoms with van der Waals surface area (Å²) in [7, 11) is 3.85. The van der Waals surface area contributed by atoms with Crippen molar-refractivity contribution in [3.63, 3.8) is 0 Å². The Labute approximate surface area is 127 Å². The van der Waals surface area contributed by atoms with Gasteiger partial charge in [0.1, 0.15) is 6.61 Å². The van der Waals surface area contributed by atoms with Gasteiger partial charge in [-0.3, -0.25) is 4.79 Å². The second-order valence-corrected chi connectivity index (χ2v) is 8.64. The number of likely N-dealkylation sites (N-methyl/N-ethyl adjacent to an activating group) is 1. The summed E-state index contributed by atoms with van der Waals surface area (Å²) in [5, 5.41) is 0. The van der Waals surface area contributed by atoms with Crippen LogP contribution in [0.25, 0.3) is 0 Å². The van der Waals surface area contributed by atoms with Gasteiger partial charge >= 0.3 is 0 Å². The lowest BCUT2D eigenvalue weighted by Crippen LogP contribution is -2.33. The maximum Gasteiger partial charge on any atom is 0.293 e. The molecule has 0 saturated carbocycles. The second-order valence-electron chi connectivity index (χ2n) is 8.64. The number of nitrogens with zero attached hydrogens (tertiary/aromatic N) is 1. The van der Waals surface area contributed by atoms with Crippen molar-refractivity contribution in [3.8, 4) is 0 Å². The molecule has 0 N–H and O–H groups in total. The van der Waals surface area contributed by atoms with Crippen LogP contribution in [-0.2, 0) is 9.53 Å². The molecule has 0 aromatic carbocycles. The van der Waals surface area contributed by atoms with Crippen LogP contribution < -0.4 is 0 Å². The third kappa shape index (κ3) is 12.5. The molecule has 0 amide bonds. The highest BCUT2D eigenvalue weighted by Gasteiger charge is 2.35. The molecule has 122 valence electrons. The molecule has 0 aliphatic carbocycles. The summed E-state index contributed by atoms with van der Waals surface area (Å²) >= 11 is 0. The Balaban J connectivity index is 0. The van der Waals surface area contributed by atoms with Crippen LogP contribution in [0.1, 0.15) is 61.8 Å². The molecule has 0 unspecified atom stereocenters. The standard InChI is InChI=1S/C12H26.C5H11NO2/c1-10(2,3)9-12(7,8)11(4,5)6;1-6(2)3-4-8-5-7/h9H2,1-8H3;5H,3-4H2,1-2H3. The van der Waals surface area contributed by atoms with Gasteiger partial charge < -0.3 is 9.64 Å². The lowest BCUT2D eigenvalue weighted by Gasteiger charge is -2.43. The summed E-state index contributed by atoms with van der Waals surface area (Å²) in [5.74, 6) is 0. The zero-order chi connectivity index (χ0) is 16.6. The minimum Gasteiger partial charge on any atom is -0.467 e. The van der Waals surface area contributed by atoms with Crippen molar-refractivity contribution >= 4 is 6.47 Å². The first kappa shape index (κ1) is 21.7. The predicted octanol–water partition coefficient (Wildman–Crippen LogP) is 4.22. The fourth-order valence-corrected chi connectivity index (χ4v) is 1.87. The van der Waals surface area contributed by atoms with E-state index < -0.39 is 0 Å². The Morgan fingerprint density at radius 1 is 0.950 bits per heavy atom. The van der Waals surface area contributed by atoms with Crippen molar-refractivity contribution in [2.75, 3.05) is 27.2 Å². The van der Waals surface area contributed by atoms with Gasteiger partial charge in [-0.1, -0.05) is 55.4 Å². The third-order valence-electron chi connectivity index (χ3n) is 3.73. The summed E-state index contributed by atoms with van der Waals surface area (Å²) in [6.07, 6.45) is 1.28. The Kier molecular flexibility index (Phi) is 9.40. The number of carbonyl (C=O) groups excluding carboxylic acids is 1. The maximum absolute atomic E-state index is 9.55. The fourth-order valence-electron chi connectivity index (χ4n) is 1.87. The van der Waals surface area contributed by atoms with Crippen molar-refractivity contribution in [1.29, 1.82) is 0 Å². The highest BCUT2D eigenvalue weighted by atomic mass is 16.5. The molecule has 0 fully saturated rings. The van der Waals surface area contributed by atoms with E-state index in [0.717, 1.165) is 6.54 Å². The molecule has 0 radical (unpaired) electrons. The smallest absolute Gasteiger partial charge is 0.293 e. The lowest BCUT2D eigenvalue weighted by atomic mass is 9.63. The third-order valence-corrected chi connectivity index (χ3v) is 3.73. The first-order valence-corrected chi connectivity index (χ1v) is 7.43. The maximum atomic E-state index is 9.55. The van der Waals surface area contributed by atoms with Gasteiger partial charge in [-0.2, -0.15) is 0 Å². The molecule has 0 aromatic heterocycles. The van der Waals surface area contributed by atoms with Crippen molar-refractivity contribution in [2.45, 2.75) is 61.8 Å². The number of hydrogen-bond acceptors (Lipinski definition) is 3. The molecule has 0 aromatic rings. The molecule has 0 spiro atoms. The van der Waals surface area contributed by atoms with Crippen LogP contribution in [0.2, 0.25) is 0 Å². The molecule has 0 saturated heterocycles. The molecule has 3 nitrogen and oxygen atoms in total. The number of ether oxygens (including phenoxy) is 1. The van der Waals surface area contributed by atoms with Crippen LogP contribution in [0.5, 0.6) is 0 Å². The van der Waals surface area contributed by atoms with Crippen LogP contribution in [0.4, 0.5) is 0 Å². The van der Waals surface area contributed by atoms with Crippen LogP contribution in [-0.4, -0.2) is 38.6 Å². The zero-order valence-electron chi connectivity index (χ0n) is 15.5. The van der Waals surface area contributed by atoms with E-state index in [4.69, 9.17) is 0 Å². The van der Waals surface area contributed by atoms with Gasteiger partial charge in [-0.25, -0.2) is 0 Å². The molecule has 0 bridgehead atoms. The molecule has 0 atom stereocenters. The summed E-state index contributed by atoms with van der Waals surface area (Å²) in [6.45, 7) is 20.4. The molecule has 0 rings (SSSR count). The van der Waals surface area contributed by atoms with Crippen molar-refractivity contribution in [2.24, 2.45) is 16.2 Å². The second kappa shape index (κ2) is 8.66. The van der Waals surface area contributed by atoms with Crippen LogP contribution in [0.3, 0.4) is 0 Å². The van der Waals surface area contributed by atoms with E-state index in [1.165, 1.54) is 6.42 Å². The monoisotopic (exact) mass is 287 g/mol. The SMILES string of the molecule is CC(C)(C)CC(C)(C)C(C)(C)C.CN(C)CCOC=O. The van der Waals surface area contributed by atoms with Crippen molar-refractivity contribution in [3.05, 3.63) is 0 Å². The Morgan fingerprint density at radius 2 is 1.40 bits per heavy atom. The van der Waals surface area contributed by atoms with Gasteiger partial charge in [0.15, 0.2) is 0 Å². The molecular weight excluding hydrogens is 250 g/mol. The van der Waals surface area contributed by atoms with Gasteiger partial charge in [0.2, 0.25) is 0 Å². The van der Waals surface area contributed by atoms with E-state index in [1.54, 1.807) is 0 Å². The average Bonchev–Trinajstić information content (AvgIpc) is 2.12. The summed E-state index contributed by atoms with van der Waals surface area (Å²) < 4.78 is 4.42. The first-order chi connectivity index (χ1) is 8.73. The number of rotatable bonds is 5. The molecular formula is C17H37NO2. The van der Waals surface area contributed by atoms with Crippen molar-refractivity contribution < 1.29 is 9.53 Å². The minimum absolute atomic E-state index is 0.403. The Bertz CT molecular complexity index is 257. The quantitative estimate of drug-likeness (QED) is 0.560. The summed E-state index contributed by atoms with van der Waals surface area (Å²) in [4.78, 5) is 11.5. The molecule has 20 heavy (non-hydrogen) atoms. The summed E-state index contributed by atoms with van der Waals surface area (Å²) in [5.41, 5.74) is 1.27. The van der Waals surface area contributed by atoms with Crippen LogP contribution in [0, 0.1) is 16.2 Å². The molecule has 0 heterocycles. The van der Waals surface area contributed by atoms with E-state index in [9.17, 15) is 4.79 Å². The largest absolute Gasteiger partial charge is 0.467 e. The molecule has 0 aliphatic heterocycles. The number of hydrogen-bond donors (Lipinski definition) is 0. The van der Waals surface area contributed by atoms with E-state index >= 15 is 0 Å². The van der Waals surface area contributed by atoms with Gasteiger partial charge in [0, 0.05) is 6.54 Å². The van der Waals surface area contributed by atoms with E-state index in [0.29, 0.717) is 29.3 Å². The van der Waals surface area contributed by atoms with Gasteiger partial charge in [0.25, 0.3) is 6.47 Å². The Hall–Kier alpha value is -0.570. The van der Waals surface area contributed by atoms with Gasteiger partial charge in [0.05, 0.1) is 0 Å². The molecule has 3 heteroatoms. The predicted molar refractivity (Wildman–Crippen MR) is 87.9 cm³/mol. The van der Waals surface area contributed by atoms with E-state index in [1.807, 2.05) is 19.0 Å². The normalized spacial score (nSPS) is 12.8. The van der Waals surface area contributed by atoms with Crippen molar-refractivity contribution in [1.82, 2.24) is 4.90 Å². The zero-order valence-corrected chi connectivity index (χ0v) is 15.5. The topological polar surface area (TPSA) is 29.5 Å². The highest BCUT2D eigenvalue weighted by molar-refractivity contribution is 5.36. The van der Waals surface area contributed by atoms with Crippen LogP contribution in [0.15, 0.2) is 0 Å². The van der Waals surface area contributed by atoms with E-state index in [-0.39, 0.29) is 0 Å². The van der Waals surface area contributed by atoms with E-state index in [2.05, 4.69) is 60.1 Å². The molecule has 0 aliphatic rings. The first-order valence-electron chi connectivity index (χ1n) is 7.43. The highest BCUT2D eigenvalue weighted by Crippen LogP contribution is 2.45. The summed E-state index contributed by atoms with van der Waals surface area (Å²) in [6, 6.07) is 0. The minimum atomic E-state index is 0.403. The van der Waals surface area contributed by atoms with Gasteiger partial charge in [-0.05, 0) is 36.8 Å². The average molecular weight is 287 g/mol. The van der Waals surface area contributed by atoms with Gasteiger partial charge in [-0.15, -0.1) is 0 Å².